The SMILES string of the molecule is Cc1ccc(-c2ccc(C(=O)OCC(=O)NCc3ccco3)cc2)cc1. The van der Waals surface area contributed by atoms with E-state index in [9.17, 15) is 9.59 Å². The van der Waals surface area contributed by atoms with E-state index in [0.29, 0.717) is 11.3 Å². The van der Waals surface area contributed by atoms with Gasteiger partial charge in [0.25, 0.3) is 5.91 Å². The number of carbonyl (C=O) groups excluding carboxylic acids is 2. The lowest BCUT2D eigenvalue weighted by molar-refractivity contribution is -0.124. The summed E-state index contributed by atoms with van der Waals surface area (Å²) in [5.41, 5.74) is 3.68. The van der Waals surface area contributed by atoms with Crippen LogP contribution in [0.5, 0.6) is 0 Å². The molecular weight excluding hydrogens is 330 g/mol. The van der Waals surface area contributed by atoms with Gasteiger partial charge in [-0.25, -0.2) is 4.79 Å². The lowest BCUT2D eigenvalue weighted by Gasteiger charge is -2.07. The Morgan fingerprint density at radius 1 is 0.962 bits per heavy atom. The fourth-order valence-corrected chi connectivity index (χ4v) is 2.41. The number of nitrogens with one attached hydrogen (secondary N) is 1. The third-order valence-electron chi connectivity index (χ3n) is 3.88. The van der Waals surface area contributed by atoms with E-state index >= 15 is 0 Å². The molecule has 3 aromatic rings. The molecule has 0 aliphatic rings. The predicted octanol–water partition coefficient (Wildman–Crippen LogP) is 3.73. The number of ether oxygens (including phenoxy) is 1. The maximum Gasteiger partial charge on any atom is 0.338 e. The number of rotatable bonds is 6. The van der Waals surface area contributed by atoms with Crippen molar-refractivity contribution in [3.63, 3.8) is 0 Å². The van der Waals surface area contributed by atoms with Crippen molar-refractivity contribution >= 4 is 11.9 Å². The van der Waals surface area contributed by atoms with Crippen molar-refractivity contribution in [2.45, 2.75) is 13.5 Å². The van der Waals surface area contributed by atoms with E-state index < -0.39 is 5.97 Å². The van der Waals surface area contributed by atoms with Crippen molar-refractivity contribution < 1.29 is 18.7 Å². The highest BCUT2D eigenvalue weighted by atomic mass is 16.5. The molecule has 0 bridgehead atoms. The fourth-order valence-electron chi connectivity index (χ4n) is 2.41. The standard InChI is InChI=1S/C21H19NO4/c1-15-4-6-16(7-5-15)17-8-10-18(11-9-17)21(24)26-14-20(23)22-13-19-3-2-12-25-19/h2-12H,13-14H2,1H3,(H,22,23). The minimum Gasteiger partial charge on any atom is -0.467 e. The summed E-state index contributed by atoms with van der Waals surface area (Å²) in [7, 11) is 0. The predicted molar refractivity (Wildman–Crippen MR) is 97.5 cm³/mol. The number of benzene rings is 2. The van der Waals surface area contributed by atoms with E-state index in [4.69, 9.17) is 9.15 Å². The molecule has 3 rings (SSSR count). The third-order valence-corrected chi connectivity index (χ3v) is 3.88. The first-order valence-electron chi connectivity index (χ1n) is 8.25. The van der Waals surface area contributed by atoms with E-state index in [1.165, 1.54) is 11.8 Å². The summed E-state index contributed by atoms with van der Waals surface area (Å²) in [4.78, 5) is 23.8. The zero-order valence-electron chi connectivity index (χ0n) is 14.4. The Hall–Kier alpha value is -3.34. The molecule has 0 aliphatic carbocycles. The van der Waals surface area contributed by atoms with Gasteiger partial charge in [0.05, 0.1) is 18.4 Å². The second kappa shape index (κ2) is 8.16. The van der Waals surface area contributed by atoms with Gasteiger partial charge < -0.3 is 14.5 Å². The number of hydrogen-bond acceptors (Lipinski definition) is 4. The molecule has 0 aliphatic heterocycles. The molecule has 0 fully saturated rings. The summed E-state index contributed by atoms with van der Waals surface area (Å²) < 4.78 is 10.1. The van der Waals surface area contributed by atoms with Gasteiger partial charge in [-0.3, -0.25) is 4.79 Å². The van der Waals surface area contributed by atoms with Crippen molar-refractivity contribution in [2.75, 3.05) is 6.61 Å². The summed E-state index contributed by atoms with van der Waals surface area (Å²) in [6, 6.07) is 18.7. The average molecular weight is 349 g/mol. The van der Waals surface area contributed by atoms with E-state index in [0.717, 1.165) is 11.1 Å². The monoisotopic (exact) mass is 349 g/mol. The largest absolute Gasteiger partial charge is 0.467 e. The van der Waals surface area contributed by atoms with E-state index in [1.54, 1.807) is 24.3 Å². The Morgan fingerprint density at radius 2 is 1.62 bits per heavy atom. The second-order valence-corrected chi connectivity index (χ2v) is 5.88. The number of amides is 1. The Balaban J connectivity index is 1.51. The number of aryl methyl sites for hydroxylation is 1. The highest BCUT2D eigenvalue weighted by Gasteiger charge is 2.10. The van der Waals surface area contributed by atoms with Crippen LogP contribution < -0.4 is 5.32 Å². The molecule has 1 aromatic heterocycles. The van der Waals surface area contributed by atoms with Crippen LogP contribution in [0.2, 0.25) is 0 Å². The maximum absolute atomic E-state index is 12.1. The molecule has 2 aromatic carbocycles. The Bertz CT molecular complexity index is 865. The summed E-state index contributed by atoms with van der Waals surface area (Å²) in [6.07, 6.45) is 1.53. The quantitative estimate of drug-likeness (QED) is 0.689. The van der Waals surface area contributed by atoms with Crippen molar-refractivity contribution in [3.05, 3.63) is 83.8 Å². The normalized spacial score (nSPS) is 10.3. The first kappa shape index (κ1) is 17.5. The summed E-state index contributed by atoms with van der Waals surface area (Å²) in [5, 5.41) is 2.62. The van der Waals surface area contributed by atoms with Gasteiger partial charge in [-0.2, -0.15) is 0 Å². The van der Waals surface area contributed by atoms with E-state index in [2.05, 4.69) is 5.32 Å². The number of esters is 1. The number of carbonyl (C=O) groups is 2. The molecule has 5 heteroatoms. The van der Waals surface area contributed by atoms with Crippen LogP contribution in [-0.4, -0.2) is 18.5 Å². The van der Waals surface area contributed by atoms with Crippen LogP contribution in [0.3, 0.4) is 0 Å². The van der Waals surface area contributed by atoms with E-state index in [-0.39, 0.29) is 19.1 Å². The van der Waals surface area contributed by atoms with Gasteiger partial charge >= 0.3 is 5.97 Å². The molecule has 0 spiro atoms. The lowest BCUT2D eigenvalue weighted by atomic mass is 10.0. The molecule has 0 unspecified atom stereocenters. The van der Waals surface area contributed by atoms with E-state index in [1.807, 2.05) is 43.3 Å². The molecule has 0 saturated heterocycles. The smallest absolute Gasteiger partial charge is 0.338 e. The maximum atomic E-state index is 12.1. The Morgan fingerprint density at radius 3 is 2.23 bits per heavy atom. The molecule has 0 saturated carbocycles. The molecule has 5 nitrogen and oxygen atoms in total. The van der Waals surface area contributed by atoms with Crippen LogP contribution in [-0.2, 0) is 16.1 Å². The lowest BCUT2D eigenvalue weighted by Crippen LogP contribution is -2.28. The molecule has 0 atom stereocenters. The highest BCUT2D eigenvalue weighted by Crippen LogP contribution is 2.20. The molecule has 1 heterocycles. The second-order valence-electron chi connectivity index (χ2n) is 5.88. The third kappa shape index (κ3) is 4.60. The van der Waals surface area contributed by atoms with Crippen molar-refractivity contribution in [1.29, 1.82) is 0 Å². The van der Waals surface area contributed by atoms with Crippen LogP contribution in [0.4, 0.5) is 0 Å². The zero-order valence-corrected chi connectivity index (χ0v) is 14.4. The summed E-state index contributed by atoms with van der Waals surface area (Å²) in [6.45, 7) is 1.96. The zero-order chi connectivity index (χ0) is 18.4. The van der Waals surface area contributed by atoms with Gasteiger partial charge in [-0.1, -0.05) is 42.0 Å². The number of furan rings is 1. The van der Waals surface area contributed by atoms with Crippen LogP contribution in [0.15, 0.2) is 71.3 Å². The molecule has 26 heavy (non-hydrogen) atoms. The summed E-state index contributed by atoms with van der Waals surface area (Å²) >= 11 is 0. The molecular formula is C21H19NO4. The van der Waals surface area contributed by atoms with Gasteiger partial charge in [0.2, 0.25) is 0 Å². The van der Waals surface area contributed by atoms with Crippen molar-refractivity contribution in [2.24, 2.45) is 0 Å². The first-order valence-corrected chi connectivity index (χ1v) is 8.25. The topological polar surface area (TPSA) is 68.5 Å². The van der Waals surface area contributed by atoms with Gasteiger partial charge in [0.1, 0.15) is 5.76 Å². The molecule has 1 N–H and O–H groups in total. The molecule has 1 amide bonds. The van der Waals surface area contributed by atoms with Gasteiger partial charge in [0, 0.05) is 0 Å². The van der Waals surface area contributed by atoms with Gasteiger partial charge in [-0.15, -0.1) is 0 Å². The minimum absolute atomic E-state index is 0.259. The Kier molecular flexibility index (Phi) is 5.49. The average Bonchev–Trinajstić information content (AvgIpc) is 3.19. The molecule has 0 radical (unpaired) electrons. The van der Waals surface area contributed by atoms with Crippen LogP contribution in [0.25, 0.3) is 11.1 Å². The van der Waals surface area contributed by atoms with Gasteiger partial charge in [-0.05, 0) is 42.3 Å². The first-order chi connectivity index (χ1) is 12.6. The molecule has 132 valence electrons. The Labute approximate surface area is 151 Å². The van der Waals surface area contributed by atoms with Crippen LogP contribution in [0, 0.1) is 6.92 Å². The van der Waals surface area contributed by atoms with Crippen molar-refractivity contribution in [3.8, 4) is 11.1 Å². The van der Waals surface area contributed by atoms with Gasteiger partial charge in [0.15, 0.2) is 6.61 Å². The van der Waals surface area contributed by atoms with Crippen LogP contribution in [0.1, 0.15) is 21.7 Å². The fraction of sp³-hybridized carbons (Fsp3) is 0.143. The van der Waals surface area contributed by atoms with Crippen LogP contribution >= 0.6 is 0 Å². The highest BCUT2D eigenvalue weighted by molar-refractivity contribution is 5.91. The van der Waals surface area contributed by atoms with Crippen molar-refractivity contribution in [1.82, 2.24) is 5.32 Å². The number of hydrogen-bond donors (Lipinski definition) is 1. The summed E-state index contributed by atoms with van der Waals surface area (Å²) in [5.74, 6) is -0.281. The minimum atomic E-state index is -0.534.